The molecule has 0 unspecified atom stereocenters. The summed E-state index contributed by atoms with van der Waals surface area (Å²) < 4.78 is 81.8. The monoisotopic (exact) mass is 582 g/mol. The Hall–Kier alpha value is -4.07. The van der Waals surface area contributed by atoms with Gasteiger partial charge in [0, 0.05) is 23.0 Å². The lowest BCUT2D eigenvalue weighted by molar-refractivity contribution is -0.138. The summed E-state index contributed by atoms with van der Waals surface area (Å²) in [5, 5.41) is 2.45. The molecule has 1 N–H and O–H groups in total. The number of ether oxygens (including phenoxy) is 2. The lowest BCUT2D eigenvalue weighted by atomic mass is 10.0. The van der Waals surface area contributed by atoms with Gasteiger partial charge in [0.15, 0.2) is 5.75 Å². The van der Waals surface area contributed by atoms with Crippen molar-refractivity contribution in [1.82, 2.24) is 9.97 Å². The largest absolute Gasteiger partial charge is 0.442 e. The second-order valence-electron chi connectivity index (χ2n) is 9.65. The molecule has 2 aromatic heterocycles. The minimum absolute atomic E-state index is 0.0291. The van der Waals surface area contributed by atoms with Gasteiger partial charge in [-0.25, -0.2) is 19.0 Å². The van der Waals surface area contributed by atoms with Crippen LogP contribution in [0.15, 0.2) is 51.9 Å². The van der Waals surface area contributed by atoms with Gasteiger partial charge in [-0.05, 0) is 70.5 Å². The fraction of sp³-hybridized carbons (Fsp3) is 0.308. The number of hydrogen-bond donors (Lipinski definition) is 1. The van der Waals surface area contributed by atoms with Gasteiger partial charge in [0.25, 0.3) is 5.91 Å². The van der Waals surface area contributed by atoms with Crippen molar-refractivity contribution in [3.8, 4) is 11.6 Å². The first kappa shape index (κ1) is 30.5. The second-order valence-corrected chi connectivity index (χ2v) is 11.9. The van der Waals surface area contributed by atoms with E-state index in [-0.39, 0.29) is 22.0 Å². The number of aryl methyl sites for hydroxylation is 1. The number of aromatic nitrogens is 2. The molecule has 0 spiro atoms. The van der Waals surface area contributed by atoms with Crippen molar-refractivity contribution >= 4 is 27.4 Å². The van der Waals surface area contributed by atoms with Crippen molar-refractivity contribution in [3.05, 3.63) is 70.9 Å². The Bertz CT molecular complexity index is 1590. The van der Waals surface area contributed by atoms with E-state index in [2.05, 4.69) is 19.6 Å². The van der Waals surface area contributed by atoms with Crippen LogP contribution in [0.3, 0.4) is 0 Å². The molecule has 0 bridgehead atoms. The topological polar surface area (TPSA) is 120 Å². The van der Waals surface area contributed by atoms with Gasteiger partial charge in [-0.3, -0.25) is 4.79 Å². The molecule has 3 aromatic rings. The molecule has 3 rings (SSSR count). The number of rotatable bonds is 5. The molecule has 0 fully saturated rings. The molecule has 1 aromatic carbocycles. The molecule has 1 atom stereocenters. The van der Waals surface area contributed by atoms with Crippen LogP contribution in [-0.2, 0) is 20.6 Å². The third-order valence-corrected chi connectivity index (χ3v) is 6.84. The average molecular weight is 583 g/mol. The summed E-state index contributed by atoms with van der Waals surface area (Å²) in [5.41, 5.74) is -2.94. The zero-order valence-electron chi connectivity index (χ0n) is 22.3. The van der Waals surface area contributed by atoms with Gasteiger partial charge < -0.3 is 14.8 Å². The zero-order chi connectivity index (χ0) is 30.0. The Kier molecular flexibility index (Phi) is 8.53. The number of benzene rings is 1. The van der Waals surface area contributed by atoms with Gasteiger partial charge in [0.1, 0.15) is 11.2 Å². The van der Waals surface area contributed by atoms with Crippen LogP contribution in [0.5, 0.6) is 11.6 Å². The summed E-state index contributed by atoms with van der Waals surface area (Å²) in [4.78, 5) is 32.8. The summed E-state index contributed by atoms with van der Waals surface area (Å²) >= 11 is 0. The van der Waals surface area contributed by atoms with E-state index < -0.39 is 62.0 Å². The van der Waals surface area contributed by atoms with Crippen molar-refractivity contribution in [1.29, 1.82) is 0 Å². The molecule has 2 heterocycles. The number of carbonyl (C=O) groups is 2. The smallest absolute Gasteiger partial charge is 0.442 e. The number of pyridine rings is 2. The number of anilines is 1. The Balaban J connectivity index is 2.02. The zero-order valence-corrected chi connectivity index (χ0v) is 23.2. The molecular weight excluding hydrogens is 556 g/mol. The summed E-state index contributed by atoms with van der Waals surface area (Å²) in [5.74, 6) is -2.33. The first-order valence-electron chi connectivity index (χ1n) is 11.6. The normalized spacial score (nSPS) is 13.2. The minimum Gasteiger partial charge on any atom is -0.442 e. The fourth-order valence-corrected chi connectivity index (χ4v) is 4.52. The third-order valence-electron chi connectivity index (χ3n) is 5.22. The van der Waals surface area contributed by atoms with E-state index in [4.69, 9.17) is 9.47 Å². The molecule has 2 amide bonds. The van der Waals surface area contributed by atoms with Gasteiger partial charge in [0.2, 0.25) is 11.8 Å². The highest BCUT2D eigenvalue weighted by molar-refractivity contribution is 7.93. The maximum atomic E-state index is 13.6. The summed E-state index contributed by atoms with van der Waals surface area (Å²) in [7, 11) is -3.32. The van der Waals surface area contributed by atoms with Crippen LogP contribution in [0.2, 0.25) is 0 Å². The second kappa shape index (κ2) is 11.2. The maximum absolute atomic E-state index is 13.6. The molecule has 0 radical (unpaired) electrons. The van der Waals surface area contributed by atoms with Gasteiger partial charge >= 0.3 is 12.3 Å². The van der Waals surface area contributed by atoms with E-state index in [1.807, 2.05) is 0 Å². The first-order valence-corrected chi connectivity index (χ1v) is 13.5. The van der Waals surface area contributed by atoms with E-state index in [0.29, 0.717) is 6.20 Å². The van der Waals surface area contributed by atoms with Gasteiger partial charge in [-0.1, -0.05) is 6.07 Å². The van der Waals surface area contributed by atoms with Crippen molar-refractivity contribution < 1.29 is 40.8 Å². The maximum Gasteiger partial charge on any atom is 0.442 e. The first-order chi connectivity index (χ1) is 18.4. The predicted molar refractivity (Wildman–Crippen MR) is 138 cm³/mol. The molecular formula is C26H26F4N4O5S. The molecule has 214 valence electrons. The van der Waals surface area contributed by atoms with E-state index in [0.717, 1.165) is 13.0 Å². The van der Waals surface area contributed by atoms with Crippen LogP contribution in [-0.4, -0.2) is 38.0 Å². The van der Waals surface area contributed by atoms with Crippen LogP contribution in [0.4, 0.5) is 28.0 Å². The highest BCUT2D eigenvalue weighted by Crippen LogP contribution is 2.37. The van der Waals surface area contributed by atoms with Gasteiger partial charge in [-0.2, -0.15) is 17.6 Å². The van der Waals surface area contributed by atoms with Crippen LogP contribution >= 0.6 is 0 Å². The number of alkyl halides is 3. The van der Waals surface area contributed by atoms with Gasteiger partial charge in [-0.15, -0.1) is 4.36 Å². The lowest BCUT2D eigenvalue weighted by Crippen LogP contribution is -2.22. The van der Waals surface area contributed by atoms with E-state index >= 15 is 0 Å². The van der Waals surface area contributed by atoms with E-state index in [1.54, 1.807) is 20.8 Å². The van der Waals surface area contributed by atoms with E-state index in [9.17, 15) is 31.4 Å². The standard InChI is InChI=1S/C26H26F4N4O5S/c1-14-18(26(28,29)30)13-31-23(38-19-10-11-20(27)32-15(19)2)21(14)22(35)33-16-8-7-9-17(12-16)40(6,37)34-24(36)39-25(3,4)5/h7-13H,1-6H3,(H,33,35)/t40-/m1/s1. The Morgan fingerprint density at radius 1 is 1.07 bits per heavy atom. The summed E-state index contributed by atoms with van der Waals surface area (Å²) in [6.07, 6.45) is -4.15. The lowest BCUT2D eigenvalue weighted by Gasteiger charge is -2.18. The molecule has 0 saturated heterocycles. The average Bonchev–Trinajstić information content (AvgIpc) is 2.78. The van der Waals surface area contributed by atoms with E-state index in [1.165, 1.54) is 43.5 Å². The quantitative estimate of drug-likeness (QED) is 0.263. The molecule has 0 aliphatic carbocycles. The summed E-state index contributed by atoms with van der Waals surface area (Å²) in [6, 6.07) is 7.66. The fourth-order valence-electron chi connectivity index (χ4n) is 3.42. The molecule has 9 nitrogen and oxygen atoms in total. The predicted octanol–water partition coefficient (Wildman–Crippen LogP) is 6.69. The number of carbonyl (C=O) groups excluding carboxylic acids is 2. The molecule has 40 heavy (non-hydrogen) atoms. The number of halogens is 4. The Labute approximate surface area is 228 Å². The highest BCUT2D eigenvalue weighted by Gasteiger charge is 2.36. The van der Waals surface area contributed by atoms with Crippen molar-refractivity contribution in [2.75, 3.05) is 11.6 Å². The number of hydrogen-bond acceptors (Lipinski definition) is 7. The molecule has 0 saturated carbocycles. The van der Waals surface area contributed by atoms with Crippen molar-refractivity contribution in [2.24, 2.45) is 4.36 Å². The van der Waals surface area contributed by atoms with Crippen LogP contribution < -0.4 is 10.1 Å². The number of nitrogens with one attached hydrogen (secondary N) is 1. The minimum atomic E-state index is -4.82. The van der Waals surface area contributed by atoms with Crippen molar-refractivity contribution in [3.63, 3.8) is 0 Å². The number of amides is 2. The SMILES string of the molecule is Cc1nc(F)ccc1Oc1ncc(C(F)(F)F)c(C)c1C(=O)Nc1cccc([S@@](C)(=O)=NC(=O)OC(C)(C)C)c1. The number of nitrogens with zero attached hydrogens (tertiary/aromatic N) is 3. The van der Waals surface area contributed by atoms with Crippen LogP contribution in [0.25, 0.3) is 0 Å². The summed E-state index contributed by atoms with van der Waals surface area (Å²) in [6.45, 7) is 7.34. The third kappa shape index (κ3) is 7.52. The Morgan fingerprint density at radius 2 is 1.75 bits per heavy atom. The van der Waals surface area contributed by atoms with Crippen molar-refractivity contribution in [2.45, 2.75) is 51.3 Å². The van der Waals surface area contributed by atoms with Crippen LogP contribution in [0, 0.1) is 19.8 Å². The molecule has 14 heteroatoms. The Morgan fingerprint density at radius 3 is 2.35 bits per heavy atom. The molecule has 0 aliphatic rings. The van der Waals surface area contributed by atoms with Crippen LogP contribution in [0.1, 0.15) is 48.0 Å². The highest BCUT2D eigenvalue weighted by atomic mass is 32.2. The van der Waals surface area contributed by atoms with Gasteiger partial charge in [0.05, 0.1) is 21.0 Å². The molecule has 0 aliphatic heterocycles.